The number of hydrogen-bond acceptors (Lipinski definition) is 2. The van der Waals surface area contributed by atoms with Crippen LogP contribution in [0.15, 0.2) is 0 Å². The molecule has 4 saturated carbocycles. The summed E-state index contributed by atoms with van der Waals surface area (Å²) in [6, 6.07) is 0. The van der Waals surface area contributed by atoms with Gasteiger partial charge in [0.15, 0.2) is 0 Å². The minimum Gasteiger partial charge on any atom is -0.393 e. The molecule has 0 heterocycles. The highest BCUT2D eigenvalue weighted by Gasteiger charge is 2.62. The van der Waals surface area contributed by atoms with Crippen LogP contribution in [0.4, 0.5) is 0 Å². The van der Waals surface area contributed by atoms with Gasteiger partial charge >= 0.3 is 0 Å². The van der Waals surface area contributed by atoms with Crippen molar-refractivity contribution in [3.05, 3.63) is 0 Å². The molecule has 0 amide bonds. The Labute approximate surface area is 148 Å². The number of rotatable bonds is 0. The van der Waals surface area contributed by atoms with Crippen LogP contribution in [-0.4, -0.2) is 20.9 Å². The Morgan fingerprint density at radius 3 is 2.59 bits per heavy atom. The molecule has 4 aliphatic carbocycles. The Balaban J connectivity index is 1.68. The maximum atomic E-state index is 12.0. The fourth-order valence-electron chi connectivity index (χ4n) is 6.93. The van der Waals surface area contributed by atoms with Crippen LogP contribution in [0, 0.1) is 34.5 Å². The quantitative estimate of drug-likeness (QED) is 0.470. The summed E-state index contributed by atoms with van der Waals surface area (Å²) >= 11 is 2.69. The van der Waals surface area contributed by atoms with E-state index in [0.29, 0.717) is 27.0 Å². The topological polar surface area (TPSA) is 37.3 Å². The Hall–Kier alpha value is 0.360. The van der Waals surface area contributed by atoms with Crippen molar-refractivity contribution in [1.29, 1.82) is 0 Å². The minimum absolute atomic E-state index is 0.0829. The van der Waals surface area contributed by atoms with Crippen LogP contribution in [0.3, 0.4) is 0 Å². The molecule has 22 heavy (non-hydrogen) atoms. The van der Waals surface area contributed by atoms with Crippen molar-refractivity contribution >= 4 is 28.4 Å². The Morgan fingerprint density at radius 2 is 1.82 bits per heavy atom. The highest BCUT2D eigenvalue weighted by molar-refractivity contribution is 14.1. The number of ketones is 1. The van der Waals surface area contributed by atoms with Gasteiger partial charge in [0, 0.05) is 16.8 Å². The van der Waals surface area contributed by atoms with Crippen LogP contribution < -0.4 is 0 Å². The van der Waals surface area contributed by atoms with Crippen LogP contribution in [0.1, 0.15) is 65.2 Å². The van der Waals surface area contributed by atoms with Crippen LogP contribution in [-0.2, 0) is 4.79 Å². The maximum Gasteiger partial charge on any atom is 0.133 e. The lowest BCUT2D eigenvalue weighted by molar-refractivity contribution is -0.139. The number of aliphatic hydroxyl groups excluding tert-OH is 1. The monoisotopic (exact) mass is 416 g/mol. The second-order valence-corrected chi connectivity index (χ2v) is 10.7. The lowest BCUT2D eigenvalue weighted by atomic mass is 9.45. The molecule has 4 unspecified atom stereocenters. The summed E-state index contributed by atoms with van der Waals surface area (Å²) in [5.41, 5.74) is 0.549. The zero-order valence-corrected chi connectivity index (χ0v) is 16.0. The van der Waals surface area contributed by atoms with E-state index in [0.717, 1.165) is 37.5 Å². The molecule has 0 aromatic heterocycles. The van der Waals surface area contributed by atoms with E-state index in [1.807, 2.05) is 0 Å². The molecule has 4 rings (SSSR count). The van der Waals surface area contributed by atoms with Crippen molar-refractivity contribution in [2.75, 3.05) is 0 Å². The molecular weight excluding hydrogens is 387 g/mol. The second-order valence-electron chi connectivity index (χ2n) is 9.13. The van der Waals surface area contributed by atoms with Crippen molar-refractivity contribution in [3.63, 3.8) is 0 Å². The normalized spacial score (nSPS) is 57.9. The summed E-state index contributed by atoms with van der Waals surface area (Å²) in [5.74, 6) is 3.38. The van der Waals surface area contributed by atoms with E-state index in [9.17, 15) is 9.90 Å². The molecule has 0 saturated heterocycles. The first-order valence-corrected chi connectivity index (χ1v) is 10.4. The molecular formula is C19H29IO2. The number of hydrogen-bond donors (Lipinski definition) is 1. The van der Waals surface area contributed by atoms with Gasteiger partial charge in [0.25, 0.3) is 0 Å². The van der Waals surface area contributed by atoms with Gasteiger partial charge in [-0.1, -0.05) is 36.4 Å². The first-order valence-electron chi connectivity index (χ1n) is 9.20. The molecule has 4 fully saturated rings. The van der Waals surface area contributed by atoms with Crippen molar-refractivity contribution in [1.82, 2.24) is 0 Å². The van der Waals surface area contributed by atoms with E-state index in [1.54, 1.807) is 0 Å². The van der Waals surface area contributed by atoms with E-state index < -0.39 is 0 Å². The molecule has 2 nitrogen and oxygen atoms in total. The van der Waals surface area contributed by atoms with Gasteiger partial charge in [0.2, 0.25) is 0 Å². The predicted octanol–water partition coefficient (Wildman–Crippen LogP) is 4.37. The zero-order valence-electron chi connectivity index (χ0n) is 13.9. The van der Waals surface area contributed by atoms with Gasteiger partial charge in [-0.25, -0.2) is 0 Å². The predicted molar refractivity (Wildman–Crippen MR) is 95.9 cm³/mol. The van der Waals surface area contributed by atoms with Gasteiger partial charge in [0.05, 0.1) is 6.10 Å². The van der Waals surface area contributed by atoms with Crippen LogP contribution in [0.5, 0.6) is 0 Å². The molecule has 4 aliphatic rings. The smallest absolute Gasteiger partial charge is 0.133 e. The Bertz CT molecular complexity index is 492. The number of halogens is 1. The first kappa shape index (κ1) is 15.9. The molecule has 0 aliphatic heterocycles. The Morgan fingerprint density at radius 1 is 1.09 bits per heavy atom. The third kappa shape index (κ3) is 2.03. The molecule has 0 aromatic carbocycles. The summed E-state index contributed by atoms with van der Waals surface area (Å²) in [5, 5.41) is 10.5. The van der Waals surface area contributed by atoms with Gasteiger partial charge < -0.3 is 5.11 Å². The van der Waals surface area contributed by atoms with Crippen LogP contribution in [0.25, 0.3) is 0 Å². The first-order chi connectivity index (χ1) is 10.4. The average Bonchev–Trinajstić information content (AvgIpc) is 2.77. The van der Waals surface area contributed by atoms with E-state index in [-0.39, 0.29) is 11.5 Å². The summed E-state index contributed by atoms with van der Waals surface area (Å²) < 4.78 is 0.696. The van der Waals surface area contributed by atoms with E-state index >= 15 is 0 Å². The van der Waals surface area contributed by atoms with Gasteiger partial charge in [-0.15, -0.1) is 0 Å². The standard InChI is InChI=1S/C19H29IO2/c1-18-7-5-12(21)9-11(18)10-15(20)17-13-3-4-16(22)19(13,2)8-6-14(17)18/h11,13-17,22H,3-10H2,1-2H3/t11?,13-,14-,15+,16?,17-,18?,19?/m0/s1. The summed E-state index contributed by atoms with van der Waals surface area (Å²) in [7, 11) is 0. The molecule has 0 bridgehead atoms. The van der Waals surface area contributed by atoms with Crippen molar-refractivity contribution in [2.45, 2.75) is 75.2 Å². The SMILES string of the molecule is CC12CC[C@H]3[C@@H]([C@H](I)CC4CC(=O)CCC43C)[C@@H]1CCC2O. The van der Waals surface area contributed by atoms with E-state index in [2.05, 4.69) is 36.4 Å². The highest BCUT2D eigenvalue weighted by atomic mass is 127. The molecule has 0 aromatic rings. The number of fused-ring (bicyclic) bond motifs is 5. The number of Topliss-reactive ketones (excluding diaryl/α,β-unsaturated/α-hetero) is 1. The maximum absolute atomic E-state index is 12.0. The third-order valence-electron chi connectivity index (χ3n) is 8.41. The van der Waals surface area contributed by atoms with Gasteiger partial charge in [-0.3, -0.25) is 4.79 Å². The number of aliphatic hydroxyl groups is 1. The van der Waals surface area contributed by atoms with E-state index in [1.165, 1.54) is 25.7 Å². The molecule has 8 atom stereocenters. The largest absolute Gasteiger partial charge is 0.393 e. The van der Waals surface area contributed by atoms with Gasteiger partial charge in [-0.2, -0.15) is 0 Å². The number of alkyl halides is 1. The minimum atomic E-state index is -0.0829. The molecule has 1 N–H and O–H groups in total. The summed E-state index contributed by atoms with van der Waals surface area (Å²) in [4.78, 5) is 12.0. The summed E-state index contributed by atoms with van der Waals surface area (Å²) in [6.07, 6.45) is 8.61. The average molecular weight is 416 g/mol. The lowest BCUT2D eigenvalue weighted by Gasteiger charge is -2.61. The summed E-state index contributed by atoms with van der Waals surface area (Å²) in [6.45, 7) is 4.85. The van der Waals surface area contributed by atoms with Crippen LogP contribution in [0.2, 0.25) is 0 Å². The Kier molecular flexibility index (Phi) is 3.73. The molecule has 3 heteroatoms. The van der Waals surface area contributed by atoms with Crippen molar-refractivity contribution in [2.24, 2.45) is 34.5 Å². The lowest BCUT2D eigenvalue weighted by Crippen LogP contribution is -2.57. The van der Waals surface area contributed by atoms with Gasteiger partial charge in [-0.05, 0) is 73.0 Å². The van der Waals surface area contributed by atoms with Gasteiger partial charge in [0.1, 0.15) is 5.78 Å². The highest BCUT2D eigenvalue weighted by Crippen LogP contribution is 2.66. The second kappa shape index (κ2) is 5.18. The zero-order chi connectivity index (χ0) is 15.7. The molecule has 124 valence electrons. The van der Waals surface area contributed by atoms with Crippen LogP contribution >= 0.6 is 22.6 Å². The molecule has 0 radical (unpaired) electrons. The van der Waals surface area contributed by atoms with E-state index in [4.69, 9.17) is 0 Å². The number of carbonyl (C=O) groups is 1. The van der Waals surface area contributed by atoms with Crippen molar-refractivity contribution < 1.29 is 9.90 Å². The third-order valence-corrected chi connectivity index (χ3v) is 9.75. The van der Waals surface area contributed by atoms with Crippen molar-refractivity contribution in [3.8, 4) is 0 Å². The fourth-order valence-corrected chi connectivity index (χ4v) is 8.55. The molecule has 0 spiro atoms. The number of carbonyl (C=O) groups excluding carboxylic acids is 1. The fraction of sp³-hybridized carbons (Fsp3) is 0.947.